The third kappa shape index (κ3) is 4.46. The molecule has 0 spiro atoms. The molecule has 1 rings (SSSR count). The Labute approximate surface area is 117 Å². The summed E-state index contributed by atoms with van der Waals surface area (Å²) >= 11 is 0. The molecule has 0 amide bonds. The SMILES string of the molecule is CCOc1ccccc1C(=O)CS(=O)C(C)C(C)C. The molecular weight excluding hydrogens is 260 g/mol. The first-order valence-corrected chi connectivity index (χ1v) is 7.97. The fourth-order valence-electron chi connectivity index (χ4n) is 1.62. The van der Waals surface area contributed by atoms with Gasteiger partial charge in [-0.3, -0.25) is 9.00 Å². The van der Waals surface area contributed by atoms with Crippen molar-refractivity contribution in [3.8, 4) is 5.75 Å². The Morgan fingerprint density at radius 3 is 2.47 bits per heavy atom. The second-order valence-electron chi connectivity index (χ2n) is 4.83. The molecule has 19 heavy (non-hydrogen) atoms. The summed E-state index contributed by atoms with van der Waals surface area (Å²) < 4.78 is 17.5. The maximum Gasteiger partial charge on any atom is 0.179 e. The molecule has 0 fully saturated rings. The van der Waals surface area contributed by atoms with Crippen molar-refractivity contribution in [3.05, 3.63) is 29.8 Å². The largest absolute Gasteiger partial charge is 0.493 e. The highest BCUT2D eigenvalue weighted by atomic mass is 32.2. The van der Waals surface area contributed by atoms with Crippen molar-refractivity contribution >= 4 is 16.6 Å². The van der Waals surface area contributed by atoms with Crippen LogP contribution in [0.2, 0.25) is 0 Å². The molecule has 106 valence electrons. The molecule has 0 saturated carbocycles. The van der Waals surface area contributed by atoms with Crippen molar-refractivity contribution in [3.63, 3.8) is 0 Å². The lowest BCUT2D eigenvalue weighted by molar-refractivity contribution is 0.101. The van der Waals surface area contributed by atoms with Crippen molar-refractivity contribution in [1.82, 2.24) is 0 Å². The topological polar surface area (TPSA) is 43.4 Å². The van der Waals surface area contributed by atoms with E-state index in [1.807, 2.05) is 33.8 Å². The maximum atomic E-state index is 12.2. The van der Waals surface area contributed by atoms with Crippen LogP contribution in [0.25, 0.3) is 0 Å². The quantitative estimate of drug-likeness (QED) is 0.722. The van der Waals surface area contributed by atoms with Crippen molar-refractivity contribution in [2.45, 2.75) is 32.9 Å². The zero-order valence-corrected chi connectivity index (χ0v) is 12.8. The maximum absolute atomic E-state index is 12.2. The Morgan fingerprint density at radius 1 is 1.26 bits per heavy atom. The van der Waals surface area contributed by atoms with Crippen LogP contribution in [0.15, 0.2) is 24.3 Å². The van der Waals surface area contributed by atoms with Gasteiger partial charge in [0.15, 0.2) is 5.78 Å². The van der Waals surface area contributed by atoms with E-state index in [0.29, 0.717) is 23.8 Å². The van der Waals surface area contributed by atoms with E-state index < -0.39 is 10.8 Å². The molecule has 2 atom stereocenters. The second-order valence-corrected chi connectivity index (χ2v) is 6.62. The highest BCUT2D eigenvalue weighted by Gasteiger charge is 2.20. The summed E-state index contributed by atoms with van der Waals surface area (Å²) in [6.07, 6.45) is 0. The number of rotatable bonds is 7. The molecule has 0 aliphatic rings. The standard InChI is InChI=1S/C15H22O3S/c1-5-18-15-9-7-6-8-13(15)14(16)10-19(17)12(4)11(2)3/h6-9,11-12H,5,10H2,1-4H3. The summed E-state index contributed by atoms with van der Waals surface area (Å²) in [4.78, 5) is 12.2. The van der Waals surface area contributed by atoms with Crippen LogP contribution in [-0.4, -0.2) is 27.6 Å². The van der Waals surface area contributed by atoms with Crippen LogP contribution in [0, 0.1) is 5.92 Å². The van der Waals surface area contributed by atoms with Gasteiger partial charge >= 0.3 is 0 Å². The molecule has 0 radical (unpaired) electrons. The Kier molecular flexibility index (Phi) is 6.22. The van der Waals surface area contributed by atoms with Gasteiger partial charge in [-0.2, -0.15) is 0 Å². The predicted octanol–water partition coefficient (Wildman–Crippen LogP) is 3.06. The minimum Gasteiger partial charge on any atom is -0.493 e. The van der Waals surface area contributed by atoms with Gasteiger partial charge in [-0.25, -0.2) is 0 Å². The number of ketones is 1. The van der Waals surface area contributed by atoms with Crippen molar-refractivity contribution in [2.24, 2.45) is 5.92 Å². The second kappa shape index (κ2) is 7.43. The van der Waals surface area contributed by atoms with Gasteiger partial charge < -0.3 is 4.74 Å². The first-order chi connectivity index (χ1) is 8.97. The molecule has 0 aliphatic heterocycles. The van der Waals surface area contributed by atoms with Crippen molar-refractivity contribution in [1.29, 1.82) is 0 Å². The molecule has 0 saturated heterocycles. The lowest BCUT2D eigenvalue weighted by atomic mass is 10.1. The van der Waals surface area contributed by atoms with E-state index in [1.165, 1.54) is 0 Å². The minimum absolute atomic E-state index is 0.0169. The van der Waals surface area contributed by atoms with Crippen LogP contribution in [0.4, 0.5) is 0 Å². The zero-order valence-electron chi connectivity index (χ0n) is 12.0. The number of carbonyl (C=O) groups excluding carboxylic acids is 1. The summed E-state index contributed by atoms with van der Waals surface area (Å²) in [6.45, 7) is 8.33. The van der Waals surface area contributed by atoms with E-state index >= 15 is 0 Å². The molecule has 0 bridgehead atoms. The van der Waals surface area contributed by atoms with E-state index in [2.05, 4.69) is 0 Å². The Morgan fingerprint density at radius 2 is 1.89 bits per heavy atom. The van der Waals surface area contributed by atoms with Gasteiger partial charge in [0, 0.05) is 16.0 Å². The van der Waals surface area contributed by atoms with Crippen molar-refractivity contribution in [2.75, 3.05) is 12.4 Å². The summed E-state index contributed by atoms with van der Waals surface area (Å²) in [6, 6.07) is 7.12. The van der Waals surface area contributed by atoms with Gasteiger partial charge in [0.2, 0.25) is 0 Å². The lowest BCUT2D eigenvalue weighted by Crippen LogP contribution is -2.24. The first-order valence-electron chi connectivity index (χ1n) is 6.59. The molecule has 0 N–H and O–H groups in total. The van der Waals surface area contributed by atoms with E-state index in [1.54, 1.807) is 18.2 Å². The van der Waals surface area contributed by atoms with Crippen LogP contribution in [0.3, 0.4) is 0 Å². The highest BCUT2D eigenvalue weighted by Crippen LogP contribution is 2.20. The number of carbonyl (C=O) groups is 1. The average Bonchev–Trinajstić information content (AvgIpc) is 2.38. The molecule has 0 aromatic heterocycles. The van der Waals surface area contributed by atoms with Crippen LogP contribution in [-0.2, 0) is 10.8 Å². The zero-order chi connectivity index (χ0) is 14.4. The number of hydrogen-bond donors (Lipinski definition) is 0. The fourth-order valence-corrected chi connectivity index (χ4v) is 2.90. The normalized spacial score (nSPS) is 14.2. The number of para-hydroxylation sites is 1. The third-order valence-corrected chi connectivity index (χ3v) is 5.03. The Balaban J connectivity index is 2.81. The van der Waals surface area contributed by atoms with Gasteiger partial charge in [0.05, 0.1) is 17.9 Å². The summed E-state index contributed by atoms with van der Waals surface area (Å²) in [7, 11) is -1.14. The minimum atomic E-state index is -1.14. The van der Waals surface area contributed by atoms with E-state index in [-0.39, 0.29) is 16.8 Å². The van der Waals surface area contributed by atoms with Gasteiger partial charge in [-0.15, -0.1) is 0 Å². The number of ether oxygens (including phenoxy) is 1. The molecule has 1 aromatic rings. The average molecular weight is 282 g/mol. The molecule has 2 unspecified atom stereocenters. The molecule has 0 aliphatic carbocycles. The van der Waals surface area contributed by atoms with Gasteiger partial charge in [-0.05, 0) is 25.0 Å². The van der Waals surface area contributed by atoms with E-state index in [4.69, 9.17) is 4.74 Å². The van der Waals surface area contributed by atoms with Gasteiger partial charge in [0.1, 0.15) is 5.75 Å². The highest BCUT2D eigenvalue weighted by molar-refractivity contribution is 7.86. The van der Waals surface area contributed by atoms with E-state index in [9.17, 15) is 9.00 Å². The molecule has 3 nitrogen and oxygen atoms in total. The van der Waals surface area contributed by atoms with Gasteiger partial charge in [-0.1, -0.05) is 32.9 Å². The summed E-state index contributed by atoms with van der Waals surface area (Å²) in [5.74, 6) is 0.818. The Bertz CT molecular complexity index is 454. The number of Topliss-reactive ketones (excluding diaryl/α,β-unsaturated/α-hetero) is 1. The van der Waals surface area contributed by atoms with Crippen molar-refractivity contribution < 1.29 is 13.7 Å². The van der Waals surface area contributed by atoms with Crippen LogP contribution in [0.5, 0.6) is 5.75 Å². The smallest absolute Gasteiger partial charge is 0.179 e. The molecule has 1 aromatic carbocycles. The van der Waals surface area contributed by atoms with Crippen LogP contribution in [0.1, 0.15) is 38.1 Å². The predicted molar refractivity (Wildman–Crippen MR) is 79.3 cm³/mol. The fraction of sp³-hybridized carbons (Fsp3) is 0.533. The van der Waals surface area contributed by atoms with Gasteiger partial charge in [0.25, 0.3) is 0 Å². The van der Waals surface area contributed by atoms with Crippen LogP contribution >= 0.6 is 0 Å². The number of benzene rings is 1. The molecule has 0 heterocycles. The molecular formula is C15H22O3S. The lowest BCUT2D eigenvalue weighted by Gasteiger charge is -2.15. The monoisotopic (exact) mass is 282 g/mol. The molecule has 4 heteroatoms. The van der Waals surface area contributed by atoms with Crippen LogP contribution < -0.4 is 4.74 Å². The first kappa shape index (κ1) is 15.9. The van der Waals surface area contributed by atoms with E-state index in [0.717, 1.165) is 0 Å². The Hall–Kier alpha value is -1.16. The number of hydrogen-bond acceptors (Lipinski definition) is 3. The summed E-state index contributed by atoms with van der Waals surface area (Å²) in [5, 5.41) is 0.0169. The third-order valence-electron chi connectivity index (χ3n) is 3.11. The summed E-state index contributed by atoms with van der Waals surface area (Å²) in [5.41, 5.74) is 0.522.